The Bertz CT molecular complexity index is 477. The van der Waals surface area contributed by atoms with Gasteiger partial charge in [0.1, 0.15) is 23.4 Å². The molecule has 1 aliphatic heterocycles. The van der Waals surface area contributed by atoms with Crippen LogP contribution in [0.5, 0.6) is 11.5 Å². The highest BCUT2D eigenvalue weighted by atomic mass is 16.5. The van der Waals surface area contributed by atoms with Gasteiger partial charge < -0.3 is 9.84 Å². The van der Waals surface area contributed by atoms with Gasteiger partial charge in [-0.3, -0.25) is 4.79 Å². The van der Waals surface area contributed by atoms with Crippen LogP contribution in [0.25, 0.3) is 0 Å². The zero-order chi connectivity index (χ0) is 13.4. The molecule has 98 valence electrons. The lowest BCUT2D eigenvalue weighted by molar-refractivity contribution is -0.122. The molecule has 0 saturated carbocycles. The molecule has 0 spiro atoms. The predicted octanol–water partition coefficient (Wildman–Crippen LogP) is 3.18. The lowest BCUT2D eigenvalue weighted by atomic mass is 9.83. The molecule has 0 aliphatic carbocycles. The number of ether oxygens (including phenoxy) is 1. The molecule has 1 aliphatic rings. The van der Waals surface area contributed by atoms with Crippen LogP contribution in [-0.2, 0) is 4.79 Å². The second kappa shape index (κ2) is 4.63. The number of Topliss-reactive ketones (excluding diaryl/α,β-unsaturated/α-hetero) is 1. The van der Waals surface area contributed by atoms with E-state index in [1.165, 1.54) is 0 Å². The van der Waals surface area contributed by atoms with Gasteiger partial charge >= 0.3 is 0 Å². The van der Waals surface area contributed by atoms with E-state index < -0.39 is 0 Å². The third kappa shape index (κ3) is 2.22. The summed E-state index contributed by atoms with van der Waals surface area (Å²) in [5.74, 6) is 1.19. The first kappa shape index (κ1) is 12.9. The largest absolute Gasteiger partial charge is 0.508 e. The minimum atomic E-state index is -0.137. The molecule has 3 nitrogen and oxygen atoms in total. The molecule has 0 aromatic heterocycles. The van der Waals surface area contributed by atoms with Gasteiger partial charge in [-0.15, -0.1) is 0 Å². The molecule has 2 unspecified atom stereocenters. The Labute approximate surface area is 108 Å². The highest BCUT2D eigenvalue weighted by Gasteiger charge is 2.32. The van der Waals surface area contributed by atoms with Gasteiger partial charge in [0, 0.05) is 24.0 Å². The zero-order valence-corrected chi connectivity index (χ0v) is 11.4. The third-order valence-corrected chi connectivity index (χ3v) is 3.49. The first-order valence-corrected chi connectivity index (χ1v) is 6.43. The van der Waals surface area contributed by atoms with E-state index in [1.54, 1.807) is 6.07 Å². The Morgan fingerprint density at radius 1 is 1.39 bits per heavy atom. The summed E-state index contributed by atoms with van der Waals surface area (Å²) >= 11 is 0. The Balaban J connectivity index is 2.59. The fourth-order valence-electron chi connectivity index (χ4n) is 2.62. The Morgan fingerprint density at radius 3 is 2.67 bits per heavy atom. The third-order valence-electron chi connectivity index (χ3n) is 3.49. The van der Waals surface area contributed by atoms with Crippen LogP contribution >= 0.6 is 0 Å². The fraction of sp³-hybridized carbons (Fsp3) is 0.533. The van der Waals surface area contributed by atoms with Crippen LogP contribution in [-0.4, -0.2) is 17.0 Å². The van der Waals surface area contributed by atoms with Gasteiger partial charge in [0.25, 0.3) is 0 Å². The lowest BCUT2D eigenvalue weighted by Crippen LogP contribution is -2.20. The van der Waals surface area contributed by atoms with Crippen molar-refractivity contribution in [2.75, 3.05) is 0 Å². The summed E-state index contributed by atoms with van der Waals surface area (Å²) in [7, 11) is 0. The van der Waals surface area contributed by atoms with Crippen LogP contribution in [0.3, 0.4) is 0 Å². The second-order valence-corrected chi connectivity index (χ2v) is 5.50. The molecule has 0 saturated heterocycles. The zero-order valence-electron chi connectivity index (χ0n) is 11.4. The lowest BCUT2D eigenvalue weighted by Gasteiger charge is -2.20. The standard InChI is InChI=1S/C15H20O3/c1-8(2)15-11-5-9(3)12(16)7-14(11)18-10(4)6-13(15)17/h5,7-8,10,15-16H,6H2,1-4H3. The number of phenolic OH excluding ortho intramolecular Hbond substituents is 1. The van der Waals surface area contributed by atoms with Crippen LogP contribution in [0.2, 0.25) is 0 Å². The van der Waals surface area contributed by atoms with Crippen molar-refractivity contribution >= 4 is 5.78 Å². The summed E-state index contributed by atoms with van der Waals surface area (Å²) in [5.41, 5.74) is 1.69. The van der Waals surface area contributed by atoms with Crippen molar-refractivity contribution < 1.29 is 14.6 Å². The van der Waals surface area contributed by atoms with E-state index in [1.807, 2.05) is 33.8 Å². The van der Waals surface area contributed by atoms with Crippen molar-refractivity contribution in [3.63, 3.8) is 0 Å². The van der Waals surface area contributed by atoms with Crippen molar-refractivity contribution in [1.82, 2.24) is 0 Å². The Kier molecular flexibility index (Phi) is 3.33. The number of hydrogen-bond donors (Lipinski definition) is 1. The summed E-state index contributed by atoms with van der Waals surface area (Å²) in [6, 6.07) is 3.51. The molecule has 3 heteroatoms. The number of fused-ring (bicyclic) bond motifs is 1. The summed E-state index contributed by atoms with van der Waals surface area (Å²) in [6.07, 6.45) is 0.291. The van der Waals surface area contributed by atoms with Crippen LogP contribution in [0, 0.1) is 12.8 Å². The van der Waals surface area contributed by atoms with Crippen LogP contribution < -0.4 is 4.74 Å². The van der Waals surface area contributed by atoms with Gasteiger partial charge in [-0.25, -0.2) is 0 Å². The fourth-order valence-corrected chi connectivity index (χ4v) is 2.62. The highest BCUT2D eigenvalue weighted by Crippen LogP contribution is 2.40. The maximum absolute atomic E-state index is 12.3. The molecule has 0 amide bonds. The van der Waals surface area contributed by atoms with Crippen molar-refractivity contribution in [2.45, 2.75) is 46.1 Å². The van der Waals surface area contributed by atoms with E-state index in [4.69, 9.17) is 4.74 Å². The summed E-state index contributed by atoms with van der Waals surface area (Å²) in [5, 5.41) is 9.78. The average Bonchev–Trinajstić information content (AvgIpc) is 2.34. The van der Waals surface area contributed by atoms with Crippen molar-refractivity contribution in [1.29, 1.82) is 0 Å². The summed E-state index contributed by atoms with van der Waals surface area (Å²) in [6.45, 7) is 7.82. The van der Waals surface area contributed by atoms with E-state index in [2.05, 4.69) is 0 Å². The molecule has 1 aromatic carbocycles. The van der Waals surface area contributed by atoms with Crippen LogP contribution in [0.4, 0.5) is 0 Å². The maximum atomic E-state index is 12.3. The van der Waals surface area contributed by atoms with Crippen molar-refractivity contribution in [3.05, 3.63) is 23.3 Å². The number of ketones is 1. The Hall–Kier alpha value is -1.51. The quantitative estimate of drug-likeness (QED) is 0.830. The monoisotopic (exact) mass is 248 g/mol. The number of carbonyl (C=O) groups excluding carboxylic acids is 1. The van der Waals surface area contributed by atoms with Gasteiger partial charge in [0.05, 0.1) is 0 Å². The number of aromatic hydroxyl groups is 1. The summed E-state index contributed by atoms with van der Waals surface area (Å²) < 4.78 is 5.76. The molecular weight excluding hydrogens is 228 g/mol. The van der Waals surface area contributed by atoms with E-state index in [0.717, 1.165) is 11.1 Å². The minimum absolute atomic E-state index is 0.135. The highest BCUT2D eigenvalue weighted by molar-refractivity contribution is 5.88. The topological polar surface area (TPSA) is 46.5 Å². The number of hydrogen-bond acceptors (Lipinski definition) is 3. The SMILES string of the molecule is Cc1cc2c(cc1O)OC(C)CC(=O)C2C(C)C. The molecule has 1 aromatic rings. The molecule has 1 N–H and O–H groups in total. The first-order chi connectivity index (χ1) is 8.40. The van der Waals surface area contributed by atoms with Crippen molar-refractivity contribution in [2.24, 2.45) is 5.92 Å². The number of rotatable bonds is 1. The second-order valence-electron chi connectivity index (χ2n) is 5.50. The molecule has 1 heterocycles. The number of carbonyl (C=O) groups is 1. The van der Waals surface area contributed by atoms with Crippen LogP contribution in [0.1, 0.15) is 44.2 Å². The molecule has 0 bridgehead atoms. The van der Waals surface area contributed by atoms with E-state index in [-0.39, 0.29) is 29.5 Å². The van der Waals surface area contributed by atoms with Crippen LogP contribution in [0.15, 0.2) is 12.1 Å². The van der Waals surface area contributed by atoms with Gasteiger partial charge in [-0.2, -0.15) is 0 Å². The molecule has 0 fully saturated rings. The van der Waals surface area contributed by atoms with E-state index >= 15 is 0 Å². The number of phenols is 1. The minimum Gasteiger partial charge on any atom is -0.508 e. The number of benzene rings is 1. The molecule has 18 heavy (non-hydrogen) atoms. The van der Waals surface area contributed by atoms with Gasteiger partial charge in [-0.1, -0.05) is 13.8 Å². The van der Waals surface area contributed by atoms with Gasteiger partial charge in [0.15, 0.2) is 0 Å². The molecule has 2 rings (SSSR count). The molecule has 0 radical (unpaired) electrons. The average molecular weight is 248 g/mol. The van der Waals surface area contributed by atoms with E-state index in [0.29, 0.717) is 12.2 Å². The van der Waals surface area contributed by atoms with Gasteiger partial charge in [-0.05, 0) is 31.4 Å². The number of aryl methyl sites for hydroxylation is 1. The smallest absolute Gasteiger partial charge is 0.144 e. The predicted molar refractivity (Wildman–Crippen MR) is 70.1 cm³/mol. The molecular formula is C15H20O3. The van der Waals surface area contributed by atoms with Crippen molar-refractivity contribution in [3.8, 4) is 11.5 Å². The summed E-state index contributed by atoms with van der Waals surface area (Å²) in [4.78, 5) is 12.3. The molecule has 2 atom stereocenters. The maximum Gasteiger partial charge on any atom is 0.144 e. The Morgan fingerprint density at radius 2 is 2.06 bits per heavy atom. The first-order valence-electron chi connectivity index (χ1n) is 6.43. The van der Waals surface area contributed by atoms with Gasteiger partial charge in [0.2, 0.25) is 0 Å². The van der Waals surface area contributed by atoms with E-state index in [9.17, 15) is 9.90 Å². The normalized spacial score (nSPS) is 23.5.